The van der Waals surface area contributed by atoms with Crippen molar-refractivity contribution in [3.8, 4) is 0 Å². The number of anilines is 1. The molecule has 9 heteroatoms. The van der Waals surface area contributed by atoms with Gasteiger partial charge in [0.25, 0.3) is 12.9 Å². The maximum atomic E-state index is 8.36. The van der Waals surface area contributed by atoms with Crippen LogP contribution in [0.4, 0.5) is 5.82 Å². The number of fused-ring (bicyclic) bond motifs is 1. The minimum atomic E-state index is -0.250. The lowest BCUT2D eigenvalue weighted by molar-refractivity contribution is -0.123. The third-order valence-corrected chi connectivity index (χ3v) is 5.47. The minimum Gasteiger partial charge on any atom is -0.483 e. The highest BCUT2D eigenvalue weighted by atomic mass is 16.5. The number of hydrogen-bond donors (Lipinski definition) is 2. The van der Waals surface area contributed by atoms with Crippen molar-refractivity contribution in [2.75, 3.05) is 38.6 Å². The quantitative estimate of drug-likeness (QED) is 0.732. The van der Waals surface area contributed by atoms with Crippen LogP contribution < -0.4 is 4.90 Å². The lowest BCUT2D eigenvalue weighted by atomic mass is 9.73. The number of carboxylic acid groups (broad SMARTS) is 2. The second kappa shape index (κ2) is 9.09. The SMILES string of the molecule is Cc1cc(N2C[C@H]3[C@@H](CN(C)C)[C@@H]4CC[C@@]3(C2)O4)ncn1.O=CO.O=CO. The molecular formula is C18H28N4O5. The van der Waals surface area contributed by atoms with E-state index in [2.05, 4.69) is 39.9 Å². The molecule has 3 fully saturated rings. The normalized spacial score (nSPS) is 30.1. The highest BCUT2D eigenvalue weighted by Crippen LogP contribution is 2.55. The molecule has 4 heterocycles. The molecule has 150 valence electrons. The fraction of sp³-hybridized carbons (Fsp3) is 0.667. The summed E-state index contributed by atoms with van der Waals surface area (Å²) < 4.78 is 6.47. The van der Waals surface area contributed by atoms with Gasteiger partial charge in [-0.05, 0) is 33.9 Å². The second-order valence-corrected chi connectivity index (χ2v) is 7.40. The summed E-state index contributed by atoms with van der Waals surface area (Å²) >= 11 is 0. The number of aryl methyl sites for hydroxylation is 1. The molecule has 3 aliphatic rings. The molecule has 0 unspecified atom stereocenters. The second-order valence-electron chi connectivity index (χ2n) is 7.40. The van der Waals surface area contributed by atoms with Crippen LogP contribution in [0.2, 0.25) is 0 Å². The smallest absolute Gasteiger partial charge is 0.290 e. The first kappa shape index (κ1) is 21.0. The van der Waals surface area contributed by atoms with Gasteiger partial charge in [-0.25, -0.2) is 9.97 Å². The van der Waals surface area contributed by atoms with Crippen molar-refractivity contribution in [1.82, 2.24) is 14.9 Å². The van der Waals surface area contributed by atoms with Gasteiger partial charge in [-0.1, -0.05) is 0 Å². The van der Waals surface area contributed by atoms with Crippen LogP contribution in [0, 0.1) is 18.8 Å². The van der Waals surface area contributed by atoms with E-state index in [1.54, 1.807) is 6.33 Å². The molecule has 0 saturated carbocycles. The third kappa shape index (κ3) is 4.54. The van der Waals surface area contributed by atoms with Crippen LogP contribution in [-0.4, -0.2) is 83.5 Å². The van der Waals surface area contributed by atoms with E-state index in [-0.39, 0.29) is 18.5 Å². The molecule has 1 spiro atoms. The van der Waals surface area contributed by atoms with Crippen molar-refractivity contribution in [2.45, 2.75) is 31.5 Å². The molecule has 3 aliphatic heterocycles. The van der Waals surface area contributed by atoms with Gasteiger partial charge in [0, 0.05) is 43.2 Å². The largest absolute Gasteiger partial charge is 0.483 e. The highest BCUT2D eigenvalue weighted by Gasteiger charge is 2.63. The predicted molar refractivity (Wildman–Crippen MR) is 98.7 cm³/mol. The molecule has 0 radical (unpaired) electrons. The van der Waals surface area contributed by atoms with E-state index in [0.717, 1.165) is 31.1 Å². The van der Waals surface area contributed by atoms with E-state index in [4.69, 9.17) is 24.5 Å². The van der Waals surface area contributed by atoms with Crippen molar-refractivity contribution in [3.63, 3.8) is 0 Å². The Morgan fingerprint density at radius 3 is 2.59 bits per heavy atom. The summed E-state index contributed by atoms with van der Waals surface area (Å²) in [7, 11) is 4.33. The van der Waals surface area contributed by atoms with Crippen LogP contribution in [0.25, 0.3) is 0 Å². The van der Waals surface area contributed by atoms with E-state index >= 15 is 0 Å². The Hall–Kier alpha value is -2.26. The van der Waals surface area contributed by atoms with Crippen molar-refractivity contribution in [3.05, 3.63) is 18.1 Å². The Balaban J connectivity index is 0.000000389. The van der Waals surface area contributed by atoms with E-state index in [1.807, 2.05) is 6.92 Å². The topological polar surface area (TPSA) is 116 Å². The van der Waals surface area contributed by atoms with E-state index in [9.17, 15) is 0 Å². The van der Waals surface area contributed by atoms with Crippen LogP contribution in [-0.2, 0) is 14.3 Å². The van der Waals surface area contributed by atoms with Gasteiger partial charge in [0.15, 0.2) is 0 Å². The lowest BCUT2D eigenvalue weighted by Crippen LogP contribution is -2.40. The fourth-order valence-electron chi connectivity index (χ4n) is 4.64. The molecular weight excluding hydrogens is 352 g/mol. The van der Waals surface area contributed by atoms with Crippen molar-refractivity contribution in [1.29, 1.82) is 0 Å². The summed E-state index contributed by atoms with van der Waals surface area (Å²) in [5.74, 6) is 2.37. The number of aromatic nitrogens is 2. The van der Waals surface area contributed by atoms with Crippen LogP contribution >= 0.6 is 0 Å². The molecule has 4 rings (SSSR count). The molecule has 1 aromatic rings. The van der Waals surface area contributed by atoms with Crippen molar-refractivity contribution >= 4 is 18.8 Å². The molecule has 2 bridgehead atoms. The third-order valence-electron chi connectivity index (χ3n) is 5.47. The summed E-state index contributed by atoms with van der Waals surface area (Å²) in [6.07, 6.45) is 4.59. The van der Waals surface area contributed by atoms with Gasteiger partial charge in [0.05, 0.1) is 11.7 Å². The van der Waals surface area contributed by atoms with Crippen molar-refractivity contribution in [2.24, 2.45) is 11.8 Å². The summed E-state index contributed by atoms with van der Waals surface area (Å²) in [6.45, 7) is 4.73. The van der Waals surface area contributed by atoms with Gasteiger partial charge in [0.1, 0.15) is 12.1 Å². The molecule has 3 saturated heterocycles. The molecule has 2 N–H and O–H groups in total. The average Bonchev–Trinajstić information content (AvgIpc) is 3.26. The number of rotatable bonds is 3. The van der Waals surface area contributed by atoms with Crippen LogP contribution in [0.5, 0.6) is 0 Å². The standard InChI is InChI=1S/C16H24N4O.2CH2O2/c1-11-6-15(18-10-17-11)20-8-13-12(7-19(2)3)14-4-5-16(13,9-20)21-14;2*2-1-3/h6,10,12-14H,4-5,7-9H2,1-3H3;2*1H,(H,2,3)/t12-,13+,14+,16+;;/m1../s1. The first-order valence-electron chi connectivity index (χ1n) is 8.92. The van der Waals surface area contributed by atoms with E-state index in [0.29, 0.717) is 17.9 Å². The summed E-state index contributed by atoms with van der Waals surface area (Å²) in [5, 5.41) is 13.8. The fourth-order valence-corrected chi connectivity index (χ4v) is 4.64. The molecule has 1 aromatic heterocycles. The summed E-state index contributed by atoms with van der Waals surface area (Å²) in [4.78, 5) is 30.1. The molecule has 0 aliphatic carbocycles. The predicted octanol–water partition coefficient (Wildman–Crippen LogP) is 0.732. The Bertz CT molecular complexity index is 638. The molecule has 0 amide bonds. The van der Waals surface area contributed by atoms with Gasteiger partial charge < -0.3 is 24.7 Å². The Kier molecular flexibility index (Phi) is 7.09. The zero-order valence-corrected chi connectivity index (χ0v) is 16.0. The molecule has 9 nitrogen and oxygen atoms in total. The van der Waals surface area contributed by atoms with E-state index in [1.165, 1.54) is 12.8 Å². The zero-order valence-electron chi connectivity index (χ0n) is 16.0. The van der Waals surface area contributed by atoms with Crippen LogP contribution in [0.15, 0.2) is 12.4 Å². The highest BCUT2D eigenvalue weighted by molar-refractivity contribution is 5.43. The molecule has 27 heavy (non-hydrogen) atoms. The van der Waals surface area contributed by atoms with Crippen LogP contribution in [0.1, 0.15) is 18.5 Å². The monoisotopic (exact) mass is 380 g/mol. The number of hydrogen-bond acceptors (Lipinski definition) is 7. The molecule has 0 aromatic carbocycles. The van der Waals surface area contributed by atoms with E-state index < -0.39 is 0 Å². The van der Waals surface area contributed by atoms with Gasteiger partial charge in [-0.3, -0.25) is 9.59 Å². The van der Waals surface area contributed by atoms with Gasteiger partial charge in [-0.15, -0.1) is 0 Å². The Morgan fingerprint density at radius 2 is 2.00 bits per heavy atom. The number of nitrogens with zero attached hydrogens (tertiary/aromatic N) is 4. The lowest BCUT2D eigenvalue weighted by Gasteiger charge is -2.30. The Morgan fingerprint density at radius 1 is 1.33 bits per heavy atom. The van der Waals surface area contributed by atoms with Gasteiger partial charge >= 0.3 is 0 Å². The first-order valence-corrected chi connectivity index (χ1v) is 8.92. The van der Waals surface area contributed by atoms with Crippen molar-refractivity contribution < 1.29 is 24.5 Å². The maximum Gasteiger partial charge on any atom is 0.290 e. The maximum absolute atomic E-state index is 8.36. The zero-order chi connectivity index (χ0) is 20.0. The van der Waals surface area contributed by atoms with Crippen LogP contribution in [0.3, 0.4) is 0 Å². The van der Waals surface area contributed by atoms with Gasteiger partial charge in [0.2, 0.25) is 0 Å². The first-order chi connectivity index (χ1) is 12.9. The number of ether oxygens (including phenoxy) is 1. The summed E-state index contributed by atoms with van der Waals surface area (Å²) in [5.41, 5.74) is 1.12. The summed E-state index contributed by atoms with van der Waals surface area (Å²) in [6, 6.07) is 2.09. The molecule has 4 atom stereocenters. The number of carbonyl (C=O) groups is 2. The Labute approximate surface area is 159 Å². The minimum absolute atomic E-state index is 0.0875. The van der Waals surface area contributed by atoms with Gasteiger partial charge in [-0.2, -0.15) is 0 Å². The average molecular weight is 380 g/mol.